The van der Waals surface area contributed by atoms with Crippen LogP contribution in [0.25, 0.3) is 0 Å². The SMILES string of the molecule is COC(=O)[C@@H](C)Oc1cc(F)ccc1F. The third-order valence-electron chi connectivity index (χ3n) is 1.73. The second-order valence-corrected chi connectivity index (χ2v) is 2.86. The molecule has 0 N–H and O–H groups in total. The Hall–Kier alpha value is -1.65. The molecule has 0 aliphatic rings. The first-order chi connectivity index (χ1) is 7.04. The first-order valence-corrected chi connectivity index (χ1v) is 4.24. The van der Waals surface area contributed by atoms with E-state index in [9.17, 15) is 13.6 Å². The zero-order valence-electron chi connectivity index (χ0n) is 8.29. The molecule has 0 fully saturated rings. The van der Waals surface area contributed by atoms with Crippen LogP contribution >= 0.6 is 0 Å². The van der Waals surface area contributed by atoms with E-state index in [1.165, 1.54) is 14.0 Å². The standard InChI is InChI=1S/C10H10F2O3/c1-6(10(13)14-2)15-9-5-7(11)3-4-8(9)12/h3-6H,1-2H3/t6-/m1/s1. The number of carbonyl (C=O) groups is 1. The highest BCUT2D eigenvalue weighted by Gasteiger charge is 2.17. The van der Waals surface area contributed by atoms with Crippen LogP contribution in [-0.2, 0) is 9.53 Å². The second kappa shape index (κ2) is 4.72. The molecule has 0 saturated heterocycles. The van der Waals surface area contributed by atoms with Gasteiger partial charge in [0.25, 0.3) is 0 Å². The first kappa shape index (κ1) is 11.4. The Morgan fingerprint density at radius 3 is 2.67 bits per heavy atom. The van der Waals surface area contributed by atoms with Crippen molar-refractivity contribution in [2.75, 3.05) is 7.11 Å². The Balaban J connectivity index is 2.80. The molecule has 5 heteroatoms. The van der Waals surface area contributed by atoms with Crippen molar-refractivity contribution >= 4 is 5.97 Å². The number of rotatable bonds is 3. The highest BCUT2D eigenvalue weighted by Crippen LogP contribution is 2.19. The summed E-state index contributed by atoms with van der Waals surface area (Å²) in [5.41, 5.74) is 0. The van der Waals surface area contributed by atoms with Gasteiger partial charge < -0.3 is 9.47 Å². The van der Waals surface area contributed by atoms with Crippen molar-refractivity contribution in [3.05, 3.63) is 29.8 Å². The van der Waals surface area contributed by atoms with Crippen molar-refractivity contribution in [3.63, 3.8) is 0 Å². The number of methoxy groups -OCH3 is 1. The van der Waals surface area contributed by atoms with Gasteiger partial charge in [0.05, 0.1) is 7.11 Å². The van der Waals surface area contributed by atoms with E-state index < -0.39 is 23.7 Å². The fourth-order valence-corrected chi connectivity index (χ4v) is 0.972. The third kappa shape index (κ3) is 2.90. The van der Waals surface area contributed by atoms with Gasteiger partial charge in [0.15, 0.2) is 17.7 Å². The van der Waals surface area contributed by atoms with E-state index in [0.29, 0.717) is 0 Å². The fraction of sp³-hybridized carbons (Fsp3) is 0.300. The molecule has 3 nitrogen and oxygen atoms in total. The molecule has 15 heavy (non-hydrogen) atoms. The minimum Gasteiger partial charge on any atom is -0.476 e. The van der Waals surface area contributed by atoms with Gasteiger partial charge in [0.1, 0.15) is 5.82 Å². The van der Waals surface area contributed by atoms with Gasteiger partial charge in [-0.2, -0.15) is 0 Å². The summed E-state index contributed by atoms with van der Waals surface area (Å²) >= 11 is 0. The predicted octanol–water partition coefficient (Wildman–Crippen LogP) is 1.91. The van der Waals surface area contributed by atoms with Crippen LogP contribution in [0.1, 0.15) is 6.92 Å². The van der Waals surface area contributed by atoms with Crippen molar-refractivity contribution in [3.8, 4) is 5.75 Å². The summed E-state index contributed by atoms with van der Waals surface area (Å²) in [6, 6.07) is 2.76. The molecule has 1 aromatic rings. The zero-order valence-corrected chi connectivity index (χ0v) is 8.29. The molecule has 1 aromatic carbocycles. The molecule has 0 saturated carbocycles. The van der Waals surface area contributed by atoms with Crippen LogP contribution in [0.2, 0.25) is 0 Å². The number of benzene rings is 1. The Bertz CT molecular complexity index is 366. The smallest absolute Gasteiger partial charge is 0.346 e. The summed E-state index contributed by atoms with van der Waals surface area (Å²) in [5, 5.41) is 0. The van der Waals surface area contributed by atoms with Gasteiger partial charge in [-0.3, -0.25) is 0 Å². The molecule has 0 radical (unpaired) electrons. The molecule has 0 heterocycles. The van der Waals surface area contributed by atoms with E-state index in [0.717, 1.165) is 18.2 Å². The number of esters is 1. The number of ether oxygens (including phenoxy) is 2. The fourth-order valence-electron chi connectivity index (χ4n) is 0.972. The van der Waals surface area contributed by atoms with Crippen molar-refractivity contribution < 1.29 is 23.0 Å². The lowest BCUT2D eigenvalue weighted by Gasteiger charge is -2.12. The predicted molar refractivity (Wildman–Crippen MR) is 48.5 cm³/mol. The lowest BCUT2D eigenvalue weighted by Crippen LogP contribution is -2.25. The Morgan fingerprint density at radius 1 is 1.40 bits per heavy atom. The van der Waals surface area contributed by atoms with Crippen LogP contribution in [0.15, 0.2) is 18.2 Å². The van der Waals surface area contributed by atoms with Gasteiger partial charge >= 0.3 is 5.97 Å². The zero-order chi connectivity index (χ0) is 11.4. The average molecular weight is 216 g/mol. The number of carbonyl (C=O) groups excluding carboxylic acids is 1. The molecule has 0 aliphatic heterocycles. The molecule has 1 atom stereocenters. The highest BCUT2D eigenvalue weighted by atomic mass is 19.1. The molecule has 1 rings (SSSR count). The number of hydrogen-bond acceptors (Lipinski definition) is 3. The monoisotopic (exact) mass is 216 g/mol. The van der Waals surface area contributed by atoms with Crippen LogP contribution in [0.4, 0.5) is 8.78 Å². The van der Waals surface area contributed by atoms with Gasteiger partial charge in [-0.15, -0.1) is 0 Å². The molecule has 0 spiro atoms. The van der Waals surface area contributed by atoms with E-state index in [1.54, 1.807) is 0 Å². The van der Waals surface area contributed by atoms with Gasteiger partial charge in [0.2, 0.25) is 0 Å². The molecule has 0 aromatic heterocycles. The normalized spacial score (nSPS) is 12.0. The molecule has 82 valence electrons. The summed E-state index contributed by atoms with van der Waals surface area (Å²) in [4.78, 5) is 10.9. The summed E-state index contributed by atoms with van der Waals surface area (Å²) in [5.74, 6) is -2.33. The lowest BCUT2D eigenvalue weighted by atomic mass is 10.3. The van der Waals surface area contributed by atoms with Crippen LogP contribution in [0.5, 0.6) is 5.75 Å². The minimum atomic E-state index is -0.980. The van der Waals surface area contributed by atoms with Crippen LogP contribution in [0, 0.1) is 11.6 Å². The summed E-state index contributed by atoms with van der Waals surface area (Å²) < 4.78 is 35.0. The Kier molecular flexibility index (Phi) is 3.60. The highest BCUT2D eigenvalue weighted by molar-refractivity contribution is 5.74. The van der Waals surface area contributed by atoms with Crippen LogP contribution in [0.3, 0.4) is 0 Å². The molecule has 0 unspecified atom stereocenters. The van der Waals surface area contributed by atoms with Crippen LogP contribution < -0.4 is 4.74 Å². The van der Waals surface area contributed by atoms with E-state index in [1.807, 2.05) is 0 Å². The van der Waals surface area contributed by atoms with Gasteiger partial charge in [-0.05, 0) is 19.1 Å². The minimum absolute atomic E-state index is 0.312. The molecule has 0 amide bonds. The largest absolute Gasteiger partial charge is 0.476 e. The Labute approximate surface area is 85.6 Å². The first-order valence-electron chi connectivity index (χ1n) is 4.24. The van der Waals surface area contributed by atoms with E-state index in [4.69, 9.17) is 4.74 Å². The maximum atomic E-state index is 13.1. The third-order valence-corrected chi connectivity index (χ3v) is 1.73. The lowest BCUT2D eigenvalue weighted by molar-refractivity contribution is -0.148. The van der Waals surface area contributed by atoms with E-state index >= 15 is 0 Å². The van der Waals surface area contributed by atoms with E-state index in [2.05, 4.69) is 4.74 Å². The second-order valence-electron chi connectivity index (χ2n) is 2.86. The van der Waals surface area contributed by atoms with E-state index in [-0.39, 0.29) is 5.75 Å². The van der Waals surface area contributed by atoms with Gasteiger partial charge in [0, 0.05) is 6.07 Å². The topological polar surface area (TPSA) is 35.5 Å². The number of halogens is 2. The Morgan fingerprint density at radius 2 is 2.07 bits per heavy atom. The molecule has 0 aliphatic carbocycles. The average Bonchev–Trinajstić information content (AvgIpc) is 2.22. The molecular formula is C10H10F2O3. The van der Waals surface area contributed by atoms with Crippen molar-refractivity contribution in [2.45, 2.75) is 13.0 Å². The van der Waals surface area contributed by atoms with Gasteiger partial charge in [-0.1, -0.05) is 0 Å². The van der Waals surface area contributed by atoms with Crippen molar-refractivity contribution in [1.82, 2.24) is 0 Å². The quantitative estimate of drug-likeness (QED) is 0.724. The molecule has 0 bridgehead atoms. The molecular weight excluding hydrogens is 206 g/mol. The van der Waals surface area contributed by atoms with Gasteiger partial charge in [-0.25, -0.2) is 13.6 Å². The maximum Gasteiger partial charge on any atom is 0.346 e. The van der Waals surface area contributed by atoms with Crippen molar-refractivity contribution in [1.29, 1.82) is 0 Å². The van der Waals surface area contributed by atoms with Crippen molar-refractivity contribution in [2.24, 2.45) is 0 Å². The maximum absolute atomic E-state index is 13.1. The summed E-state index contributed by atoms with van der Waals surface area (Å²) in [7, 11) is 1.18. The van der Waals surface area contributed by atoms with Crippen LogP contribution in [-0.4, -0.2) is 19.2 Å². The summed E-state index contributed by atoms with van der Waals surface area (Å²) in [6.45, 7) is 1.39. The summed E-state index contributed by atoms with van der Waals surface area (Å²) in [6.07, 6.45) is -0.980. The number of hydrogen-bond donors (Lipinski definition) is 0.